The number of carbonyl (C=O) groups is 2. The summed E-state index contributed by atoms with van der Waals surface area (Å²) in [7, 11) is 0. The Hall–Kier alpha value is -2.60. The van der Waals surface area contributed by atoms with Gasteiger partial charge in [-0.25, -0.2) is 4.39 Å². The van der Waals surface area contributed by atoms with Gasteiger partial charge in [-0.05, 0) is 54.8 Å². The minimum atomic E-state index is -0.469. The minimum absolute atomic E-state index is 0.151. The van der Waals surface area contributed by atoms with E-state index in [0.29, 0.717) is 23.8 Å². The standard InChI is InChI=1S/C20H21ClFNO4/c1-14-11-16(21)6-9-18(14)26-10-2-3-20(25)27-13-19(24)23-12-15-4-7-17(22)8-5-15/h4-9,11H,2-3,10,12-13H2,1H3,(H,23,24). The lowest BCUT2D eigenvalue weighted by molar-refractivity contribution is -0.148. The van der Waals surface area contributed by atoms with E-state index in [2.05, 4.69) is 5.32 Å². The Morgan fingerprint density at radius 2 is 1.89 bits per heavy atom. The molecule has 0 aliphatic heterocycles. The van der Waals surface area contributed by atoms with Gasteiger partial charge in [-0.15, -0.1) is 0 Å². The normalized spacial score (nSPS) is 10.3. The van der Waals surface area contributed by atoms with Gasteiger partial charge in [0.15, 0.2) is 6.61 Å². The van der Waals surface area contributed by atoms with E-state index < -0.39 is 11.9 Å². The molecule has 0 unspecified atom stereocenters. The summed E-state index contributed by atoms with van der Waals surface area (Å²) in [5, 5.41) is 3.24. The zero-order valence-corrected chi connectivity index (χ0v) is 15.7. The van der Waals surface area contributed by atoms with E-state index in [1.807, 2.05) is 6.92 Å². The van der Waals surface area contributed by atoms with Gasteiger partial charge in [0.25, 0.3) is 5.91 Å². The number of ether oxygens (including phenoxy) is 2. The Kier molecular flexibility index (Phi) is 8.07. The molecule has 0 aliphatic carbocycles. The smallest absolute Gasteiger partial charge is 0.306 e. The van der Waals surface area contributed by atoms with E-state index in [9.17, 15) is 14.0 Å². The molecule has 2 aromatic carbocycles. The molecule has 2 aromatic rings. The minimum Gasteiger partial charge on any atom is -0.493 e. The lowest BCUT2D eigenvalue weighted by Crippen LogP contribution is -2.28. The average Bonchev–Trinajstić information content (AvgIpc) is 2.64. The Bertz CT molecular complexity index is 780. The molecule has 1 N–H and O–H groups in total. The topological polar surface area (TPSA) is 64.6 Å². The third kappa shape index (κ3) is 7.66. The van der Waals surface area contributed by atoms with Crippen LogP contribution in [0.25, 0.3) is 0 Å². The van der Waals surface area contributed by atoms with Crippen molar-refractivity contribution < 1.29 is 23.5 Å². The van der Waals surface area contributed by atoms with Crippen molar-refractivity contribution in [3.63, 3.8) is 0 Å². The van der Waals surface area contributed by atoms with E-state index in [4.69, 9.17) is 21.1 Å². The van der Waals surface area contributed by atoms with Crippen LogP contribution in [-0.4, -0.2) is 25.1 Å². The number of hydrogen-bond acceptors (Lipinski definition) is 4. The lowest BCUT2D eigenvalue weighted by atomic mass is 10.2. The largest absolute Gasteiger partial charge is 0.493 e. The van der Waals surface area contributed by atoms with Crippen molar-refractivity contribution in [2.75, 3.05) is 13.2 Å². The summed E-state index contributed by atoms with van der Waals surface area (Å²) in [6.07, 6.45) is 0.621. The van der Waals surface area contributed by atoms with E-state index in [1.54, 1.807) is 30.3 Å². The van der Waals surface area contributed by atoms with Crippen molar-refractivity contribution in [1.82, 2.24) is 5.32 Å². The summed E-state index contributed by atoms with van der Waals surface area (Å²) in [6, 6.07) is 11.1. The van der Waals surface area contributed by atoms with Crippen molar-refractivity contribution in [3.8, 4) is 5.75 Å². The Morgan fingerprint density at radius 1 is 1.15 bits per heavy atom. The maximum atomic E-state index is 12.8. The second kappa shape index (κ2) is 10.5. The number of nitrogens with one attached hydrogen (secondary N) is 1. The Morgan fingerprint density at radius 3 is 2.59 bits per heavy atom. The molecule has 0 spiro atoms. The summed E-state index contributed by atoms with van der Waals surface area (Å²) in [4.78, 5) is 23.3. The van der Waals surface area contributed by atoms with Crippen molar-refractivity contribution in [1.29, 1.82) is 0 Å². The van der Waals surface area contributed by atoms with Crippen molar-refractivity contribution in [3.05, 3.63) is 64.4 Å². The summed E-state index contributed by atoms with van der Waals surface area (Å²) >= 11 is 5.88. The predicted octanol–water partition coefficient (Wildman–Crippen LogP) is 3.81. The predicted molar refractivity (Wildman–Crippen MR) is 100 cm³/mol. The number of hydrogen-bond donors (Lipinski definition) is 1. The van der Waals surface area contributed by atoms with Gasteiger partial charge in [-0.1, -0.05) is 23.7 Å². The molecule has 5 nitrogen and oxygen atoms in total. The van der Waals surface area contributed by atoms with Crippen LogP contribution in [0.4, 0.5) is 4.39 Å². The third-order valence-corrected chi connectivity index (χ3v) is 3.92. The first-order valence-electron chi connectivity index (χ1n) is 8.50. The van der Waals surface area contributed by atoms with Crippen molar-refractivity contribution >= 4 is 23.5 Å². The van der Waals surface area contributed by atoms with Crippen LogP contribution in [0.5, 0.6) is 5.75 Å². The SMILES string of the molecule is Cc1cc(Cl)ccc1OCCCC(=O)OCC(=O)NCc1ccc(F)cc1. The van der Waals surface area contributed by atoms with Crippen LogP contribution in [0.1, 0.15) is 24.0 Å². The van der Waals surface area contributed by atoms with Gasteiger partial charge in [0, 0.05) is 18.0 Å². The second-order valence-corrected chi connectivity index (χ2v) is 6.36. The second-order valence-electron chi connectivity index (χ2n) is 5.93. The summed E-state index contributed by atoms with van der Waals surface area (Å²) < 4.78 is 23.3. The molecule has 7 heteroatoms. The molecule has 0 saturated heterocycles. The maximum absolute atomic E-state index is 12.8. The number of esters is 1. The number of carbonyl (C=O) groups excluding carboxylic acids is 2. The molecule has 0 heterocycles. The maximum Gasteiger partial charge on any atom is 0.306 e. The fraction of sp³-hybridized carbons (Fsp3) is 0.300. The van der Waals surface area contributed by atoms with Gasteiger partial charge in [0.05, 0.1) is 6.61 Å². The van der Waals surface area contributed by atoms with Gasteiger partial charge >= 0.3 is 5.97 Å². The molecule has 0 aromatic heterocycles. The number of amides is 1. The van der Waals surface area contributed by atoms with Crippen LogP contribution in [0.3, 0.4) is 0 Å². The fourth-order valence-electron chi connectivity index (χ4n) is 2.25. The molecule has 0 atom stereocenters. The van der Waals surface area contributed by atoms with Crippen LogP contribution >= 0.6 is 11.6 Å². The van der Waals surface area contributed by atoms with Crippen LogP contribution in [0, 0.1) is 12.7 Å². The van der Waals surface area contributed by atoms with Gasteiger partial charge in [0.2, 0.25) is 0 Å². The quantitative estimate of drug-likeness (QED) is 0.519. The number of halogens is 2. The molecular formula is C20H21ClFNO4. The molecule has 144 valence electrons. The van der Waals surface area contributed by atoms with Crippen LogP contribution in [0.15, 0.2) is 42.5 Å². The highest BCUT2D eigenvalue weighted by molar-refractivity contribution is 6.30. The molecule has 0 aliphatic rings. The first-order valence-corrected chi connectivity index (χ1v) is 8.87. The highest BCUT2D eigenvalue weighted by Crippen LogP contribution is 2.21. The zero-order chi connectivity index (χ0) is 19.6. The summed E-state index contributed by atoms with van der Waals surface area (Å²) in [5.74, 6) is -0.508. The molecule has 2 rings (SSSR count). The average molecular weight is 394 g/mol. The van der Waals surface area contributed by atoms with Gasteiger partial charge in [0.1, 0.15) is 11.6 Å². The molecule has 0 bridgehead atoms. The molecule has 0 saturated carbocycles. The van der Waals surface area contributed by atoms with Gasteiger partial charge in [-0.2, -0.15) is 0 Å². The molecular weight excluding hydrogens is 373 g/mol. The number of rotatable bonds is 9. The van der Waals surface area contributed by atoms with Crippen LogP contribution < -0.4 is 10.1 Å². The van der Waals surface area contributed by atoms with Gasteiger partial charge in [-0.3, -0.25) is 9.59 Å². The fourth-order valence-corrected chi connectivity index (χ4v) is 2.47. The van der Waals surface area contributed by atoms with E-state index in [0.717, 1.165) is 11.1 Å². The first kappa shape index (κ1) is 20.7. The zero-order valence-electron chi connectivity index (χ0n) is 15.0. The molecule has 27 heavy (non-hydrogen) atoms. The molecule has 0 fully saturated rings. The Labute approximate surface area is 162 Å². The van der Waals surface area contributed by atoms with Crippen LogP contribution in [0.2, 0.25) is 5.02 Å². The molecule has 1 amide bonds. The highest BCUT2D eigenvalue weighted by atomic mass is 35.5. The first-order chi connectivity index (χ1) is 12.9. The van der Waals surface area contributed by atoms with Crippen molar-refractivity contribution in [2.24, 2.45) is 0 Å². The summed E-state index contributed by atoms with van der Waals surface area (Å²) in [6.45, 7) is 2.14. The summed E-state index contributed by atoms with van der Waals surface area (Å²) in [5.41, 5.74) is 1.67. The molecule has 0 radical (unpaired) electrons. The number of aryl methyl sites for hydroxylation is 1. The number of benzene rings is 2. The highest BCUT2D eigenvalue weighted by Gasteiger charge is 2.08. The monoisotopic (exact) mass is 393 g/mol. The van der Waals surface area contributed by atoms with Crippen LogP contribution in [-0.2, 0) is 20.9 Å². The van der Waals surface area contributed by atoms with E-state index in [1.165, 1.54) is 12.1 Å². The van der Waals surface area contributed by atoms with E-state index >= 15 is 0 Å². The Balaban J connectivity index is 1.58. The van der Waals surface area contributed by atoms with Gasteiger partial charge < -0.3 is 14.8 Å². The third-order valence-electron chi connectivity index (χ3n) is 3.69. The van der Waals surface area contributed by atoms with E-state index in [-0.39, 0.29) is 25.4 Å². The van der Waals surface area contributed by atoms with Crippen molar-refractivity contribution in [2.45, 2.75) is 26.3 Å². The lowest BCUT2D eigenvalue weighted by Gasteiger charge is -2.09.